The SMILES string of the molecule is Cc1cnc2cnc(C3CC(C)NC(c4ccc(F)c(F)c4)C3)[nH]c1-2.Cl. The minimum atomic E-state index is -0.816. The maximum absolute atomic E-state index is 13.6. The molecule has 3 unspecified atom stereocenters. The zero-order valence-corrected chi connectivity index (χ0v) is 15.4. The number of aromatic amines is 1. The Morgan fingerprint density at radius 2 is 1.88 bits per heavy atom. The van der Waals surface area contributed by atoms with E-state index in [9.17, 15) is 8.78 Å². The summed E-state index contributed by atoms with van der Waals surface area (Å²) in [4.78, 5) is 12.3. The number of hydrogen-bond acceptors (Lipinski definition) is 3. The van der Waals surface area contributed by atoms with Crippen LogP contribution in [0.5, 0.6) is 0 Å². The quantitative estimate of drug-likeness (QED) is 0.689. The molecule has 0 saturated carbocycles. The number of nitrogens with zero attached hydrogens (tertiary/aromatic N) is 2. The molecule has 3 aliphatic heterocycles. The van der Waals surface area contributed by atoms with Gasteiger partial charge in [0.05, 0.1) is 11.9 Å². The van der Waals surface area contributed by atoms with E-state index in [0.717, 1.165) is 41.2 Å². The molecule has 138 valence electrons. The van der Waals surface area contributed by atoms with Crippen molar-refractivity contribution in [2.45, 2.75) is 44.7 Å². The number of nitrogens with one attached hydrogen (secondary N) is 2. The van der Waals surface area contributed by atoms with E-state index in [1.165, 1.54) is 12.1 Å². The van der Waals surface area contributed by atoms with Gasteiger partial charge in [-0.25, -0.2) is 13.8 Å². The van der Waals surface area contributed by atoms with Gasteiger partial charge in [0.15, 0.2) is 11.6 Å². The Morgan fingerprint density at radius 1 is 1.08 bits per heavy atom. The molecule has 0 aromatic heterocycles. The Kier molecular flexibility index (Phi) is 5.25. The van der Waals surface area contributed by atoms with Crippen LogP contribution in [0.25, 0.3) is 11.4 Å². The van der Waals surface area contributed by atoms with Gasteiger partial charge in [-0.15, -0.1) is 12.4 Å². The van der Waals surface area contributed by atoms with Crippen molar-refractivity contribution < 1.29 is 8.78 Å². The molecule has 4 rings (SSSR count). The van der Waals surface area contributed by atoms with Gasteiger partial charge in [-0.2, -0.15) is 0 Å². The first kappa shape index (κ1) is 18.7. The highest BCUT2D eigenvalue weighted by molar-refractivity contribution is 5.85. The third-order valence-corrected chi connectivity index (χ3v) is 5.00. The molecule has 3 aliphatic rings. The highest BCUT2D eigenvalue weighted by Gasteiger charge is 2.30. The largest absolute Gasteiger partial charge is 0.341 e. The molecule has 0 bridgehead atoms. The molecule has 3 atom stereocenters. The number of aryl methyl sites for hydroxylation is 1. The summed E-state index contributed by atoms with van der Waals surface area (Å²) in [6.07, 6.45) is 5.34. The molecule has 0 amide bonds. The van der Waals surface area contributed by atoms with Crippen LogP contribution in [0.4, 0.5) is 8.78 Å². The van der Waals surface area contributed by atoms with Crippen molar-refractivity contribution in [3.05, 3.63) is 59.2 Å². The van der Waals surface area contributed by atoms with Crippen LogP contribution in [-0.4, -0.2) is 21.0 Å². The molecule has 26 heavy (non-hydrogen) atoms. The lowest BCUT2D eigenvalue weighted by Gasteiger charge is -2.34. The van der Waals surface area contributed by atoms with Crippen molar-refractivity contribution in [3.63, 3.8) is 0 Å². The fourth-order valence-electron chi connectivity index (χ4n) is 3.73. The Balaban J connectivity index is 0.00000196. The Bertz CT molecular complexity index is 882. The second-order valence-electron chi connectivity index (χ2n) is 6.93. The molecule has 7 heteroatoms. The van der Waals surface area contributed by atoms with E-state index in [-0.39, 0.29) is 30.4 Å². The highest BCUT2D eigenvalue weighted by atomic mass is 35.5. The van der Waals surface area contributed by atoms with Gasteiger partial charge < -0.3 is 10.3 Å². The molecule has 1 aromatic carbocycles. The molecule has 2 N–H and O–H groups in total. The van der Waals surface area contributed by atoms with Crippen LogP contribution in [-0.2, 0) is 0 Å². The number of benzene rings is 1. The summed E-state index contributed by atoms with van der Waals surface area (Å²) in [5, 5.41) is 3.48. The lowest BCUT2D eigenvalue weighted by Crippen LogP contribution is -2.38. The number of aromatic nitrogens is 3. The summed E-state index contributed by atoms with van der Waals surface area (Å²) >= 11 is 0. The molecule has 0 radical (unpaired) electrons. The lowest BCUT2D eigenvalue weighted by atomic mass is 9.84. The molecule has 1 aromatic rings. The number of H-pyrrole nitrogens is 1. The fourth-order valence-corrected chi connectivity index (χ4v) is 3.73. The predicted molar refractivity (Wildman–Crippen MR) is 98.7 cm³/mol. The Morgan fingerprint density at radius 3 is 2.65 bits per heavy atom. The van der Waals surface area contributed by atoms with Gasteiger partial charge in [-0.1, -0.05) is 6.07 Å². The zero-order chi connectivity index (χ0) is 17.6. The van der Waals surface area contributed by atoms with Crippen LogP contribution in [0.15, 0.2) is 30.6 Å². The Labute approximate surface area is 157 Å². The van der Waals surface area contributed by atoms with E-state index in [1.807, 2.05) is 13.1 Å². The molecule has 3 heterocycles. The smallest absolute Gasteiger partial charge is 0.159 e. The average molecular weight is 379 g/mol. The highest BCUT2D eigenvalue weighted by Crippen LogP contribution is 2.36. The zero-order valence-electron chi connectivity index (χ0n) is 14.6. The van der Waals surface area contributed by atoms with Gasteiger partial charge in [0.25, 0.3) is 0 Å². The summed E-state index contributed by atoms with van der Waals surface area (Å²) in [6.45, 7) is 4.12. The normalized spacial score (nSPS) is 23.0. The minimum absolute atomic E-state index is 0. The van der Waals surface area contributed by atoms with E-state index in [0.29, 0.717) is 0 Å². The van der Waals surface area contributed by atoms with E-state index in [4.69, 9.17) is 0 Å². The molecule has 1 saturated heterocycles. The molecule has 0 spiro atoms. The van der Waals surface area contributed by atoms with Gasteiger partial charge in [0.1, 0.15) is 11.5 Å². The first-order chi connectivity index (χ1) is 12.0. The van der Waals surface area contributed by atoms with Gasteiger partial charge in [0.2, 0.25) is 0 Å². The summed E-state index contributed by atoms with van der Waals surface area (Å²) in [6, 6.07) is 4.34. The second kappa shape index (κ2) is 7.29. The fraction of sp³-hybridized carbons (Fsp3) is 0.368. The predicted octanol–water partition coefficient (Wildman–Crippen LogP) is 4.51. The van der Waals surface area contributed by atoms with E-state index < -0.39 is 11.6 Å². The summed E-state index contributed by atoms with van der Waals surface area (Å²) in [7, 11) is 0. The maximum atomic E-state index is 13.6. The van der Waals surface area contributed by atoms with Crippen molar-refractivity contribution in [3.8, 4) is 11.4 Å². The van der Waals surface area contributed by atoms with E-state index >= 15 is 0 Å². The number of halogens is 3. The number of fused-ring (bicyclic) bond motifs is 1. The third kappa shape index (κ3) is 3.44. The van der Waals surface area contributed by atoms with Crippen LogP contribution in [0.1, 0.15) is 48.7 Å². The third-order valence-electron chi connectivity index (χ3n) is 5.00. The van der Waals surface area contributed by atoms with Gasteiger partial charge >= 0.3 is 0 Å². The summed E-state index contributed by atoms with van der Waals surface area (Å²) in [5.41, 5.74) is 3.74. The maximum Gasteiger partial charge on any atom is 0.159 e. The average Bonchev–Trinajstić information content (AvgIpc) is 2.97. The lowest BCUT2D eigenvalue weighted by molar-refractivity contribution is 0.298. The van der Waals surface area contributed by atoms with Crippen LogP contribution in [0.2, 0.25) is 0 Å². The number of piperidine rings is 1. The van der Waals surface area contributed by atoms with E-state index in [2.05, 4.69) is 27.2 Å². The molecular formula is C19H21ClF2N4. The molecule has 0 aliphatic carbocycles. The first-order valence-electron chi connectivity index (χ1n) is 8.52. The number of hydrogen-bond donors (Lipinski definition) is 2. The monoisotopic (exact) mass is 378 g/mol. The van der Waals surface area contributed by atoms with Crippen LogP contribution < -0.4 is 5.32 Å². The number of rotatable bonds is 2. The molecule has 1 fully saturated rings. The molecular weight excluding hydrogens is 358 g/mol. The van der Waals surface area contributed by atoms with Crippen molar-refractivity contribution in [2.24, 2.45) is 0 Å². The van der Waals surface area contributed by atoms with Crippen LogP contribution in [0, 0.1) is 18.6 Å². The van der Waals surface area contributed by atoms with E-state index in [1.54, 1.807) is 12.3 Å². The van der Waals surface area contributed by atoms with Crippen molar-refractivity contribution in [1.29, 1.82) is 0 Å². The Hall–Kier alpha value is -2.05. The van der Waals surface area contributed by atoms with Crippen LogP contribution in [0.3, 0.4) is 0 Å². The van der Waals surface area contributed by atoms with Crippen molar-refractivity contribution in [2.75, 3.05) is 0 Å². The van der Waals surface area contributed by atoms with Crippen molar-refractivity contribution >= 4 is 12.4 Å². The van der Waals surface area contributed by atoms with Crippen LogP contribution >= 0.6 is 12.4 Å². The minimum Gasteiger partial charge on any atom is -0.341 e. The summed E-state index contributed by atoms with van der Waals surface area (Å²) < 4.78 is 26.8. The van der Waals surface area contributed by atoms with Gasteiger partial charge in [0, 0.05) is 24.2 Å². The standard InChI is InChI=1S/C19H20F2N4.ClH/c1-10-8-22-17-9-23-19(25-18(10)17)13-5-11(2)24-16(7-13)12-3-4-14(20)15(21)6-12;/h3-4,6,8-9,11,13,16,24H,5,7H2,1-2H3,(H,23,25);1H. The van der Waals surface area contributed by atoms with Gasteiger partial charge in [-0.3, -0.25) is 4.98 Å². The van der Waals surface area contributed by atoms with Gasteiger partial charge in [-0.05, 0) is 49.9 Å². The topological polar surface area (TPSA) is 53.6 Å². The first-order valence-corrected chi connectivity index (χ1v) is 8.52. The second-order valence-corrected chi connectivity index (χ2v) is 6.93. The van der Waals surface area contributed by atoms with Crippen molar-refractivity contribution in [1.82, 2.24) is 20.3 Å². The summed E-state index contributed by atoms with van der Waals surface area (Å²) in [5.74, 6) is -0.486. The molecule has 4 nitrogen and oxygen atoms in total.